The van der Waals surface area contributed by atoms with Gasteiger partial charge in [0.25, 0.3) is 11.6 Å². The van der Waals surface area contributed by atoms with Crippen molar-refractivity contribution in [1.29, 1.82) is 0 Å². The topological polar surface area (TPSA) is 112 Å². The molecule has 1 aliphatic rings. The maximum Gasteiger partial charge on any atom is 0.270 e. The lowest BCUT2D eigenvalue weighted by molar-refractivity contribution is -0.384. The van der Waals surface area contributed by atoms with Gasteiger partial charge < -0.3 is 14.8 Å². The molecule has 9 nitrogen and oxygen atoms in total. The van der Waals surface area contributed by atoms with Gasteiger partial charge in [0.1, 0.15) is 5.82 Å². The first-order valence-electron chi connectivity index (χ1n) is 10.9. The highest BCUT2D eigenvalue weighted by atomic mass is 16.6. The average molecular weight is 455 g/mol. The second-order valence-corrected chi connectivity index (χ2v) is 8.08. The van der Waals surface area contributed by atoms with Crippen LogP contribution in [0.15, 0.2) is 77.7 Å². The molecular weight excluding hydrogens is 434 g/mol. The van der Waals surface area contributed by atoms with E-state index in [0.29, 0.717) is 37.3 Å². The Bertz CT molecular complexity index is 1460. The number of nitrogens with one attached hydrogen (secondary N) is 1. The number of hydrogen-bond acceptors (Lipinski definition) is 6. The molecule has 1 saturated heterocycles. The van der Waals surface area contributed by atoms with Gasteiger partial charge in [-0.25, -0.2) is 4.98 Å². The molecule has 2 aromatic carbocycles. The Morgan fingerprint density at radius 3 is 2.50 bits per heavy atom. The minimum atomic E-state index is -0.411. The van der Waals surface area contributed by atoms with Crippen molar-refractivity contribution in [3.05, 3.63) is 99.0 Å². The number of para-hydroxylation sites is 1. The molecule has 1 aliphatic heterocycles. The second-order valence-electron chi connectivity index (χ2n) is 8.08. The van der Waals surface area contributed by atoms with Crippen LogP contribution < -0.4 is 10.5 Å². The number of fused-ring (bicyclic) bond motifs is 1. The molecule has 2 aromatic heterocycles. The van der Waals surface area contributed by atoms with Gasteiger partial charge in [-0.1, -0.05) is 30.3 Å². The highest BCUT2D eigenvalue weighted by Gasteiger charge is 2.24. The Balaban J connectivity index is 1.33. The number of amides is 1. The monoisotopic (exact) mass is 455 g/mol. The molecule has 5 rings (SSSR count). The number of anilines is 1. The molecule has 4 aromatic rings. The van der Waals surface area contributed by atoms with Crippen LogP contribution in [0, 0.1) is 10.1 Å². The molecule has 0 radical (unpaired) electrons. The van der Waals surface area contributed by atoms with E-state index < -0.39 is 4.92 Å². The second kappa shape index (κ2) is 8.78. The third-order valence-corrected chi connectivity index (χ3v) is 6.01. The summed E-state index contributed by atoms with van der Waals surface area (Å²) < 4.78 is 0. The molecule has 0 spiro atoms. The summed E-state index contributed by atoms with van der Waals surface area (Å²) in [6.07, 6.45) is 1.68. The van der Waals surface area contributed by atoms with Crippen LogP contribution in [0.1, 0.15) is 10.4 Å². The third-order valence-electron chi connectivity index (χ3n) is 6.01. The van der Waals surface area contributed by atoms with Crippen LogP contribution in [0.25, 0.3) is 22.0 Å². The van der Waals surface area contributed by atoms with E-state index >= 15 is 0 Å². The summed E-state index contributed by atoms with van der Waals surface area (Å²) in [6.45, 7) is 2.14. The largest absolute Gasteiger partial charge is 0.353 e. The van der Waals surface area contributed by atoms with Crippen LogP contribution in [0.4, 0.5) is 11.5 Å². The van der Waals surface area contributed by atoms with Gasteiger partial charge in [0.2, 0.25) is 5.56 Å². The number of hydrogen-bond donors (Lipinski definition) is 1. The fourth-order valence-corrected chi connectivity index (χ4v) is 4.26. The van der Waals surface area contributed by atoms with Crippen molar-refractivity contribution in [1.82, 2.24) is 14.9 Å². The van der Waals surface area contributed by atoms with E-state index in [1.54, 1.807) is 29.3 Å². The van der Waals surface area contributed by atoms with E-state index in [1.165, 1.54) is 12.1 Å². The van der Waals surface area contributed by atoms with Crippen molar-refractivity contribution < 1.29 is 9.72 Å². The zero-order valence-corrected chi connectivity index (χ0v) is 18.2. The molecular formula is C25H21N5O4. The van der Waals surface area contributed by atoms with E-state index in [2.05, 4.69) is 14.9 Å². The molecule has 1 N–H and O–H groups in total. The van der Waals surface area contributed by atoms with Crippen LogP contribution >= 0.6 is 0 Å². The van der Waals surface area contributed by atoms with Crippen molar-refractivity contribution in [3.8, 4) is 11.1 Å². The fraction of sp³-hybridized carbons (Fsp3) is 0.160. The molecule has 0 aliphatic carbocycles. The van der Waals surface area contributed by atoms with Crippen LogP contribution in [-0.2, 0) is 0 Å². The molecule has 0 saturated carbocycles. The number of rotatable bonds is 4. The lowest BCUT2D eigenvalue weighted by atomic mass is 10.1. The molecule has 0 atom stereocenters. The van der Waals surface area contributed by atoms with Crippen LogP contribution in [0.3, 0.4) is 0 Å². The molecule has 1 fully saturated rings. The van der Waals surface area contributed by atoms with Gasteiger partial charge >= 0.3 is 0 Å². The van der Waals surface area contributed by atoms with Gasteiger partial charge in [-0.2, -0.15) is 0 Å². The molecule has 34 heavy (non-hydrogen) atoms. The summed E-state index contributed by atoms with van der Waals surface area (Å²) >= 11 is 0. The van der Waals surface area contributed by atoms with Gasteiger partial charge in [-0.15, -0.1) is 0 Å². The summed E-state index contributed by atoms with van der Waals surface area (Å²) in [5.41, 5.74) is 2.35. The van der Waals surface area contributed by atoms with Crippen LogP contribution in [0.5, 0.6) is 0 Å². The first-order chi connectivity index (χ1) is 16.5. The number of aromatic amines is 1. The number of carbonyl (C=O) groups excluding carboxylic acids is 1. The number of H-pyrrole nitrogens is 1. The number of pyridine rings is 2. The molecule has 0 unspecified atom stereocenters. The zero-order valence-electron chi connectivity index (χ0n) is 18.2. The van der Waals surface area contributed by atoms with Crippen molar-refractivity contribution in [2.24, 2.45) is 0 Å². The number of benzene rings is 2. The van der Waals surface area contributed by atoms with E-state index in [4.69, 9.17) is 0 Å². The first kappa shape index (κ1) is 21.3. The van der Waals surface area contributed by atoms with Gasteiger partial charge in [0.15, 0.2) is 0 Å². The van der Waals surface area contributed by atoms with Gasteiger partial charge in [-0.3, -0.25) is 19.7 Å². The number of nitro groups is 1. The Morgan fingerprint density at radius 1 is 0.941 bits per heavy atom. The third kappa shape index (κ3) is 4.11. The summed E-state index contributed by atoms with van der Waals surface area (Å²) in [6, 6.07) is 18.9. The van der Waals surface area contributed by atoms with Gasteiger partial charge in [0.05, 0.1) is 10.5 Å². The minimum absolute atomic E-state index is 0.0373. The lowest BCUT2D eigenvalue weighted by Crippen LogP contribution is -2.49. The summed E-state index contributed by atoms with van der Waals surface area (Å²) in [5, 5.41) is 11.8. The predicted octanol–water partition coefficient (Wildman–Crippen LogP) is 3.46. The Hall–Kier alpha value is -4.53. The lowest BCUT2D eigenvalue weighted by Gasteiger charge is -2.35. The molecule has 3 heterocycles. The van der Waals surface area contributed by atoms with E-state index in [9.17, 15) is 19.7 Å². The summed E-state index contributed by atoms with van der Waals surface area (Å²) in [4.78, 5) is 47.0. The fourth-order valence-electron chi connectivity index (χ4n) is 4.26. The number of aromatic nitrogens is 2. The maximum absolute atomic E-state index is 13.2. The Labute approximate surface area is 194 Å². The number of nitro benzene ring substituents is 1. The normalized spacial score (nSPS) is 13.8. The Kier molecular flexibility index (Phi) is 5.51. The van der Waals surface area contributed by atoms with Gasteiger partial charge in [-0.05, 0) is 29.3 Å². The molecule has 1 amide bonds. The smallest absolute Gasteiger partial charge is 0.270 e. The average Bonchev–Trinajstić information content (AvgIpc) is 2.88. The summed E-state index contributed by atoms with van der Waals surface area (Å²) in [5.74, 6) is 0.581. The number of nitrogens with zero attached hydrogens (tertiary/aromatic N) is 4. The highest BCUT2D eigenvalue weighted by Crippen LogP contribution is 2.27. The number of non-ortho nitro benzene ring substituents is 1. The minimum Gasteiger partial charge on any atom is -0.353 e. The number of piperazine rings is 1. The van der Waals surface area contributed by atoms with Crippen molar-refractivity contribution >= 4 is 28.3 Å². The predicted molar refractivity (Wildman–Crippen MR) is 129 cm³/mol. The van der Waals surface area contributed by atoms with E-state index in [-0.39, 0.29) is 17.2 Å². The molecule has 9 heteroatoms. The standard InChI is InChI=1S/C25H21N5O4/c31-24-16-21(20-6-1-2-7-22(20)27-24)25(32)29-12-10-28(11-13-29)23-15-18(8-9-26-23)17-4-3-5-19(14-17)30(33)34/h1-9,14-16H,10-13H2,(H,27,31). The molecule has 0 bridgehead atoms. The highest BCUT2D eigenvalue weighted by molar-refractivity contribution is 6.06. The first-order valence-corrected chi connectivity index (χ1v) is 10.9. The van der Waals surface area contributed by atoms with Crippen molar-refractivity contribution in [2.45, 2.75) is 0 Å². The number of carbonyl (C=O) groups is 1. The van der Waals surface area contributed by atoms with Crippen LogP contribution in [0.2, 0.25) is 0 Å². The maximum atomic E-state index is 13.2. The van der Waals surface area contributed by atoms with Gasteiger partial charge in [0, 0.05) is 61.5 Å². The zero-order chi connectivity index (χ0) is 23.7. The summed E-state index contributed by atoms with van der Waals surface area (Å²) in [7, 11) is 0. The van der Waals surface area contributed by atoms with Crippen LogP contribution in [-0.4, -0.2) is 51.9 Å². The Morgan fingerprint density at radius 2 is 1.71 bits per heavy atom. The SMILES string of the molecule is O=C(c1cc(=O)[nH]c2ccccc12)N1CCN(c2cc(-c3cccc([N+](=O)[O-])c3)ccn2)CC1. The quantitative estimate of drug-likeness (QED) is 0.373. The van der Waals surface area contributed by atoms with E-state index in [1.807, 2.05) is 36.4 Å². The molecule has 170 valence electrons. The van der Waals surface area contributed by atoms with Crippen molar-refractivity contribution in [3.63, 3.8) is 0 Å². The van der Waals surface area contributed by atoms with Crippen molar-refractivity contribution in [2.75, 3.05) is 31.1 Å². The van der Waals surface area contributed by atoms with E-state index in [0.717, 1.165) is 22.3 Å².